The standard InChI is InChI=1S/C21H19N5O3/c1-13-3-4-16-15(12-28-17(16)9-13)10-18(27)26-8-5-14(11-26)21-24-20(25-29-21)19-22-6-2-7-23-19/h2-4,6-7,9,12,14H,5,8,10-11H2,1H3/t14-/m1/s1. The van der Waals surface area contributed by atoms with Crippen molar-refractivity contribution in [2.45, 2.75) is 25.7 Å². The molecule has 8 heteroatoms. The van der Waals surface area contributed by atoms with Gasteiger partial charge < -0.3 is 13.8 Å². The lowest BCUT2D eigenvalue weighted by atomic mass is 10.1. The zero-order chi connectivity index (χ0) is 19.8. The SMILES string of the molecule is Cc1ccc2c(CC(=O)N3CC[C@@H](c4nc(-c5ncccn5)no4)C3)coc2c1. The van der Waals surface area contributed by atoms with E-state index >= 15 is 0 Å². The lowest BCUT2D eigenvalue weighted by Crippen LogP contribution is -2.29. The zero-order valence-corrected chi connectivity index (χ0v) is 15.9. The van der Waals surface area contributed by atoms with E-state index < -0.39 is 0 Å². The van der Waals surface area contributed by atoms with E-state index in [1.807, 2.05) is 30.0 Å². The Bertz CT molecular complexity index is 1170. The van der Waals surface area contributed by atoms with Crippen molar-refractivity contribution in [2.24, 2.45) is 0 Å². The average Bonchev–Trinajstić information content (AvgIpc) is 3.48. The molecule has 0 radical (unpaired) electrons. The predicted octanol–water partition coefficient (Wildman–Crippen LogP) is 3.14. The first-order chi connectivity index (χ1) is 14.2. The van der Waals surface area contributed by atoms with Crippen molar-refractivity contribution in [3.63, 3.8) is 0 Å². The Kier molecular flexibility index (Phi) is 4.31. The molecule has 5 rings (SSSR count). The maximum atomic E-state index is 12.8. The van der Waals surface area contributed by atoms with E-state index in [1.165, 1.54) is 0 Å². The largest absolute Gasteiger partial charge is 0.464 e. The summed E-state index contributed by atoms with van der Waals surface area (Å²) < 4.78 is 11.0. The minimum Gasteiger partial charge on any atom is -0.464 e. The topological polar surface area (TPSA) is 98.2 Å². The number of amides is 1. The van der Waals surface area contributed by atoms with Gasteiger partial charge in [-0.1, -0.05) is 17.3 Å². The fourth-order valence-corrected chi connectivity index (χ4v) is 3.70. The normalized spacial score (nSPS) is 16.6. The molecule has 0 N–H and O–H groups in total. The van der Waals surface area contributed by atoms with E-state index in [1.54, 1.807) is 24.7 Å². The fourth-order valence-electron chi connectivity index (χ4n) is 3.70. The summed E-state index contributed by atoms with van der Waals surface area (Å²) in [5.41, 5.74) is 2.86. The molecular weight excluding hydrogens is 370 g/mol. The Balaban J connectivity index is 1.27. The van der Waals surface area contributed by atoms with Crippen molar-refractivity contribution in [3.8, 4) is 11.6 Å². The van der Waals surface area contributed by atoms with Gasteiger partial charge in [-0.25, -0.2) is 9.97 Å². The molecule has 1 aliphatic heterocycles. The number of carbonyl (C=O) groups is 1. The molecule has 0 spiro atoms. The first-order valence-electron chi connectivity index (χ1n) is 9.53. The van der Waals surface area contributed by atoms with Gasteiger partial charge in [0.15, 0.2) is 0 Å². The van der Waals surface area contributed by atoms with Gasteiger partial charge in [0.25, 0.3) is 0 Å². The highest BCUT2D eigenvalue weighted by Crippen LogP contribution is 2.29. The quantitative estimate of drug-likeness (QED) is 0.529. The second-order valence-corrected chi connectivity index (χ2v) is 7.29. The van der Waals surface area contributed by atoms with Crippen LogP contribution in [0.5, 0.6) is 0 Å². The molecule has 4 heterocycles. The number of carbonyl (C=O) groups excluding carboxylic acids is 1. The predicted molar refractivity (Wildman–Crippen MR) is 104 cm³/mol. The third-order valence-electron chi connectivity index (χ3n) is 5.25. The third kappa shape index (κ3) is 3.37. The zero-order valence-electron chi connectivity index (χ0n) is 15.9. The van der Waals surface area contributed by atoms with E-state index in [2.05, 4.69) is 20.1 Å². The van der Waals surface area contributed by atoms with Gasteiger partial charge in [-0.2, -0.15) is 4.98 Å². The van der Waals surface area contributed by atoms with E-state index in [0.717, 1.165) is 28.5 Å². The number of hydrogen-bond acceptors (Lipinski definition) is 7. The van der Waals surface area contributed by atoms with Crippen molar-refractivity contribution in [1.29, 1.82) is 0 Å². The van der Waals surface area contributed by atoms with Crippen LogP contribution in [0.4, 0.5) is 0 Å². The molecule has 0 bridgehead atoms. The van der Waals surface area contributed by atoms with E-state index in [0.29, 0.717) is 37.0 Å². The Morgan fingerprint density at radius 3 is 2.97 bits per heavy atom. The number of fused-ring (bicyclic) bond motifs is 1. The second kappa shape index (κ2) is 7.12. The second-order valence-electron chi connectivity index (χ2n) is 7.29. The summed E-state index contributed by atoms with van der Waals surface area (Å²) in [5.74, 6) is 1.41. The van der Waals surface area contributed by atoms with Crippen molar-refractivity contribution in [3.05, 3.63) is 59.9 Å². The maximum Gasteiger partial charge on any atom is 0.240 e. The van der Waals surface area contributed by atoms with Gasteiger partial charge in [0.1, 0.15) is 5.58 Å². The number of furan rings is 1. The summed E-state index contributed by atoms with van der Waals surface area (Å²) in [7, 11) is 0. The first kappa shape index (κ1) is 17.5. The van der Waals surface area contributed by atoms with E-state index in [4.69, 9.17) is 8.94 Å². The van der Waals surface area contributed by atoms with Crippen LogP contribution < -0.4 is 0 Å². The van der Waals surface area contributed by atoms with Crippen LogP contribution in [0.1, 0.15) is 29.4 Å². The molecule has 3 aromatic heterocycles. The van der Waals surface area contributed by atoms with Crippen LogP contribution in [0.2, 0.25) is 0 Å². The number of benzene rings is 1. The fraction of sp³-hybridized carbons (Fsp3) is 0.286. The van der Waals surface area contributed by atoms with Crippen molar-refractivity contribution in [2.75, 3.05) is 13.1 Å². The summed E-state index contributed by atoms with van der Waals surface area (Å²) in [6, 6.07) is 7.75. The Hall–Kier alpha value is -3.55. The number of nitrogens with zero attached hydrogens (tertiary/aromatic N) is 5. The van der Waals surface area contributed by atoms with Crippen molar-refractivity contribution < 1.29 is 13.7 Å². The van der Waals surface area contributed by atoms with Gasteiger partial charge in [0.05, 0.1) is 18.6 Å². The molecule has 1 amide bonds. The number of aromatic nitrogens is 4. The molecule has 146 valence electrons. The molecule has 0 aliphatic carbocycles. The number of hydrogen-bond donors (Lipinski definition) is 0. The molecule has 1 aliphatic rings. The third-order valence-corrected chi connectivity index (χ3v) is 5.25. The number of aryl methyl sites for hydroxylation is 1. The minimum atomic E-state index is 0.0210. The summed E-state index contributed by atoms with van der Waals surface area (Å²) >= 11 is 0. The van der Waals surface area contributed by atoms with Gasteiger partial charge >= 0.3 is 0 Å². The molecule has 1 saturated heterocycles. The smallest absolute Gasteiger partial charge is 0.240 e. The molecule has 29 heavy (non-hydrogen) atoms. The Morgan fingerprint density at radius 2 is 2.10 bits per heavy atom. The molecule has 0 unspecified atom stereocenters. The Morgan fingerprint density at radius 1 is 1.24 bits per heavy atom. The van der Waals surface area contributed by atoms with E-state index in [-0.39, 0.29) is 11.8 Å². The van der Waals surface area contributed by atoms with Crippen LogP contribution >= 0.6 is 0 Å². The summed E-state index contributed by atoms with van der Waals surface area (Å²) in [6.07, 6.45) is 6.05. The maximum absolute atomic E-state index is 12.8. The molecular formula is C21H19N5O3. The lowest BCUT2D eigenvalue weighted by Gasteiger charge is -2.15. The van der Waals surface area contributed by atoms with Crippen molar-refractivity contribution in [1.82, 2.24) is 25.0 Å². The van der Waals surface area contributed by atoms with Gasteiger partial charge in [-0.3, -0.25) is 4.79 Å². The highest BCUT2D eigenvalue weighted by Gasteiger charge is 2.31. The summed E-state index contributed by atoms with van der Waals surface area (Å²) in [6.45, 7) is 3.24. The van der Waals surface area contributed by atoms with Crippen LogP contribution in [0.3, 0.4) is 0 Å². The number of rotatable bonds is 4. The molecule has 0 saturated carbocycles. The van der Waals surface area contributed by atoms with Crippen LogP contribution in [0, 0.1) is 6.92 Å². The van der Waals surface area contributed by atoms with Gasteiger partial charge in [0, 0.05) is 36.4 Å². The van der Waals surface area contributed by atoms with Crippen LogP contribution in [-0.2, 0) is 11.2 Å². The van der Waals surface area contributed by atoms with Gasteiger partial charge in [0.2, 0.25) is 23.4 Å². The molecule has 4 aromatic rings. The molecule has 1 fully saturated rings. The lowest BCUT2D eigenvalue weighted by molar-refractivity contribution is -0.129. The first-order valence-corrected chi connectivity index (χ1v) is 9.53. The highest BCUT2D eigenvalue weighted by atomic mass is 16.5. The van der Waals surface area contributed by atoms with Gasteiger partial charge in [-0.05, 0) is 31.0 Å². The summed E-state index contributed by atoms with van der Waals surface area (Å²) in [5, 5.41) is 4.97. The average molecular weight is 389 g/mol. The molecule has 1 aromatic carbocycles. The van der Waals surface area contributed by atoms with Gasteiger partial charge in [-0.15, -0.1) is 0 Å². The highest BCUT2D eigenvalue weighted by molar-refractivity contribution is 5.88. The molecule has 8 nitrogen and oxygen atoms in total. The monoisotopic (exact) mass is 389 g/mol. The van der Waals surface area contributed by atoms with E-state index in [9.17, 15) is 4.79 Å². The van der Waals surface area contributed by atoms with Crippen LogP contribution in [0.25, 0.3) is 22.6 Å². The Labute approximate surface area is 166 Å². The van der Waals surface area contributed by atoms with Crippen molar-refractivity contribution >= 4 is 16.9 Å². The summed E-state index contributed by atoms with van der Waals surface area (Å²) in [4.78, 5) is 27.4. The molecule has 1 atom stereocenters. The van der Waals surface area contributed by atoms with Crippen LogP contribution in [0.15, 0.2) is 51.9 Å². The van der Waals surface area contributed by atoms with Crippen LogP contribution in [-0.4, -0.2) is 44.0 Å². The number of likely N-dealkylation sites (tertiary alicyclic amines) is 1. The minimum absolute atomic E-state index is 0.0210.